The second-order valence-electron chi connectivity index (χ2n) is 7.00. The number of hydrogen-bond acceptors (Lipinski definition) is 8. The number of nitrogens with zero attached hydrogens (tertiary/aromatic N) is 6. The normalized spacial score (nSPS) is 19.1. The van der Waals surface area contributed by atoms with Crippen molar-refractivity contribution < 1.29 is 9.47 Å². The van der Waals surface area contributed by atoms with E-state index >= 15 is 0 Å². The molecule has 0 aliphatic heterocycles. The van der Waals surface area contributed by atoms with Gasteiger partial charge in [0.25, 0.3) is 0 Å². The van der Waals surface area contributed by atoms with E-state index in [4.69, 9.17) is 55.9 Å². The number of allylic oxidation sites excluding steroid dienone is 2. The number of fused-ring (bicyclic) bond motifs is 2. The van der Waals surface area contributed by atoms with Crippen molar-refractivity contribution in [3.05, 3.63) is 74.3 Å². The lowest BCUT2D eigenvalue weighted by Crippen LogP contribution is -2.34. The number of aromatic nitrogens is 6. The van der Waals surface area contributed by atoms with E-state index < -0.39 is 0 Å². The van der Waals surface area contributed by atoms with Crippen LogP contribution in [0.25, 0.3) is 0 Å². The van der Waals surface area contributed by atoms with Crippen molar-refractivity contribution in [1.29, 1.82) is 0 Å². The molecule has 2 unspecified atom stereocenters. The van der Waals surface area contributed by atoms with E-state index in [9.17, 15) is 0 Å². The van der Waals surface area contributed by atoms with E-state index in [0.717, 1.165) is 17.5 Å². The molecule has 0 fully saturated rings. The second-order valence-corrected chi connectivity index (χ2v) is 8.36. The van der Waals surface area contributed by atoms with Crippen LogP contribution in [0.2, 0.25) is 21.1 Å². The summed E-state index contributed by atoms with van der Waals surface area (Å²) in [4.78, 5) is 23.5. The number of rotatable bonds is 4. The van der Waals surface area contributed by atoms with Crippen LogP contribution in [0.1, 0.15) is 11.1 Å². The first-order valence-corrected chi connectivity index (χ1v) is 10.9. The van der Waals surface area contributed by atoms with Crippen LogP contribution in [0.4, 0.5) is 0 Å². The van der Waals surface area contributed by atoms with Crippen LogP contribution in [0.3, 0.4) is 0 Å². The van der Waals surface area contributed by atoms with Crippen molar-refractivity contribution in [3.63, 3.8) is 0 Å². The Morgan fingerprint density at radius 3 is 2.16 bits per heavy atom. The first kappa shape index (κ1) is 21.3. The Bertz CT molecular complexity index is 1230. The highest BCUT2D eigenvalue weighted by Gasteiger charge is 2.34. The number of ether oxygens (including phenoxy) is 2. The topological polar surface area (TPSA) is 95.8 Å². The third-order valence-electron chi connectivity index (χ3n) is 5.10. The van der Waals surface area contributed by atoms with E-state index in [-0.39, 0.29) is 45.2 Å². The molecule has 162 valence electrons. The van der Waals surface area contributed by atoms with Crippen molar-refractivity contribution in [1.82, 2.24) is 29.9 Å². The van der Waals surface area contributed by atoms with Gasteiger partial charge in [0.05, 0.1) is 0 Å². The van der Waals surface area contributed by atoms with Gasteiger partial charge in [-0.3, -0.25) is 0 Å². The molecule has 2 aliphatic carbocycles. The highest BCUT2D eigenvalue weighted by molar-refractivity contribution is 6.31. The van der Waals surface area contributed by atoms with Gasteiger partial charge >= 0.3 is 12.0 Å². The third-order valence-corrected chi connectivity index (χ3v) is 5.77. The number of halogens is 4. The molecule has 1 aromatic carbocycles. The maximum absolute atomic E-state index is 6.02. The van der Waals surface area contributed by atoms with Gasteiger partial charge in [-0.25, -0.2) is 0 Å². The average Bonchev–Trinajstić information content (AvgIpc) is 2.71. The highest BCUT2D eigenvalue weighted by atomic mass is 35.5. The minimum Gasteiger partial charge on any atom is -0.455 e. The first-order chi connectivity index (χ1) is 15.4. The van der Waals surface area contributed by atoms with E-state index in [0.29, 0.717) is 12.2 Å². The summed E-state index contributed by atoms with van der Waals surface area (Å²) in [5, 5.41) is -0.157. The predicted octanol–water partition coefficient (Wildman–Crippen LogP) is 5.12. The van der Waals surface area contributed by atoms with Gasteiger partial charge in [-0.2, -0.15) is 29.9 Å². The third kappa shape index (κ3) is 4.49. The van der Waals surface area contributed by atoms with Crippen LogP contribution >= 0.6 is 46.4 Å². The quantitative estimate of drug-likeness (QED) is 0.478. The molecule has 5 rings (SSSR count). The fourth-order valence-electron chi connectivity index (χ4n) is 3.80. The second kappa shape index (κ2) is 8.78. The van der Waals surface area contributed by atoms with Crippen LogP contribution in [0.15, 0.2) is 42.0 Å². The molecule has 0 N–H and O–H groups in total. The van der Waals surface area contributed by atoms with Crippen LogP contribution in [-0.2, 0) is 12.8 Å². The summed E-state index contributed by atoms with van der Waals surface area (Å²) >= 11 is 23.5. The van der Waals surface area contributed by atoms with Crippen molar-refractivity contribution in [2.24, 2.45) is 5.92 Å². The molecular weight excluding hydrogens is 498 g/mol. The molecule has 12 heteroatoms. The van der Waals surface area contributed by atoms with Crippen LogP contribution in [0, 0.1) is 5.92 Å². The molecule has 2 aromatic heterocycles. The summed E-state index contributed by atoms with van der Waals surface area (Å²) < 4.78 is 11.9. The summed E-state index contributed by atoms with van der Waals surface area (Å²) in [7, 11) is 0. The Morgan fingerprint density at radius 1 is 0.812 bits per heavy atom. The zero-order chi connectivity index (χ0) is 22.2. The lowest BCUT2D eigenvalue weighted by molar-refractivity contribution is 0.173. The predicted molar refractivity (Wildman–Crippen MR) is 119 cm³/mol. The molecule has 2 aliphatic rings. The summed E-state index contributed by atoms with van der Waals surface area (Å²) in [5.74, 6) is 0.636. The van der Waals surface area contributed by atoms with Crippen LogP contribution < -0.4 is 9.47 Å². The molecule has 0 bridgehead atoms. The van der Waals surface area contributed by atoms with Gasteiger partial charge in [-0.05, 0) is 82.5 Å². The van der Waals surface area contributed by atoms with E-state index in [1.54, 1.807) is 0 Å². The van der Waals surface area contributed by atoms with Gasteiger partial charge in [0.2, 0.25) is 21.1 Å². The molecule has 32 heavy (non-hydrogen) atoms. The Morgan fingerprint density at radius 2 is 1.47 bits per heavy atom. The first-order valence-electron chi connectivity index (χ1n) is 9.41. The minimum atomic E-state index is -0.327. The molecule has 0 radical (unpaired) electrons. The van der Waals surface area contributed by atoms with E-state index in [1.165, 1.54) is 5.57 Å². The molecule has 0 spiro atoms. The van der Waals surface area contributed by atoms with Crippen molar-refractivity contribution in [2.75, 3.05) is 0 Å². The summed E-state index contributed by atoms with van der Waals surface area (Å²) in [6, 6.07) is 5.91. The molecule has 2 heterocycles. The largest absolute Gasteiger partial charge is 0.455 e. The SMILES string of the molecule is Clc1nc(Cl)nc(Oc2cccc3c2CC2C(=CC=CC2Oc2nc(Cl)nc(Cl)n2)C3)n1. The number of hydrogen-bond donors (Lipinski definition) is 0. The molecule has 0 saturated carbocycles. The monoisotopic (exact) mass is 508 g/mol. The Labute approximate surface area is 202 Å². The zero-order valence-electron chi connectivity index (χ0n) is 16.0. The fourth-order valence-corrected chi connectivity index (χ4v) is 4.49. The minimum absolute atomic E-state index is 0.0237. The van der Waals surface area contributed by atoms with E-state index in [1.807, 2.05) is 24.3 Å². The Kier molecular flexibility index (Phi) is 5.86. The Hall–Kier alpha value is -2.52. The fraction of sp³-hybridized carbons (Fsp3) is 0.200. The van der Waals surface area contributed by atoms with Crippen molar-refractivity contribution in [3.8, 4) is 17.8 Å². The maximum atomic E-state index is 6.02. The lowest BCUT2D eigenvalue weighted by Gasteiger charge is -2.34. The van der Waals surface area contributed by atoms with Gasteiger partial charge in [-0.15, -0.1) is 0 Å². The van der Waals surface area contributed by atoms with Gasteiger partial charge < -0.3 is 9.47 Å². The smallest absolute Gasteiger partial charge is 0.327 e. The molecule has 8 nitrogen and oxygen atoms in total. The van der Waals surface area contributed by atoms with Crippen LogP contribution in [-0.4, -0.2) is 36.0 Å². The van der Waals surface area contributed by atoms with E-state index in [2.05, 4.69) is 42.0 Å². The standard InChI is InChI=1S/C20H12Cl4N6O2/c21-15-25-16(22)28-19(27-15)31-13-5-1-3-9-7-10-4-2-6-14(12(10)8-11(9)13)32-20-29-17(23)26-18(24)30-20/h1-6,11,13H,7-8H2. The highest BCUT2D eigenvalue weighted by Crippen LogP contribution is 2.40. The maximum Gasteiger partial charge on any atom is 0.327 e. The van der Waals surface area contributed by atoms with Gasteiger partial charge in [0.1, 0.15) is 11.9 Å². The van der Waals surface area contributed by atoms with Gasteiger partial charge in [0.15, 0.2) is 0 Å². The molecular formula is C20H12Cl4N6O2. The lowest BCUT2D eigenvalue weighted by atomic mass is 9.75. The molecule has 0 amide bonds. The van der Waals surface area contributed by atoms with Crippen molar-refractivity contribution in [2.45, 2.75) is 18.9 Å². The summed E-state index contributed by atoms with van der Waals surface area (Å²) in [6.07, 6.45) is 7.05. The molecule has 3 aromatic rings. The number of benzene rings is 1. The summed E-state index contributed by atoms with van der Waals surface area (Å²) in [6.45, 7) is 0. The zero-order valence-corrected chi connectivity index (χ0v) is 19.1. The Balaban J connectivity index is 1.44. The molecule has 2 atom stereocenters. The van der Waals surface area contributed by atoms with Gasteiger partial charge in [-0.1, -0.05) is 29.9 Å². The van der Waals surface area contributed by atoms with Gasteiger partial charge in [0, 0.05) is 5.92 Å². The van der Waals surface area contributed by atoms with Crippen LogP contribution in [0.5, 0.6) is 17.8 Å². The summed E-state index contributed by atoms with van der Waals surface area (Å²) in [5.41, 5.74) is 3.37. The average molecular weight is 510 g/mol. The molecule has 0 saturated heterocycles. The van der Waals surface area contributed by atoms with Crippen molar-refractivity contribution >= 4 is 46.4 Å².